The molecule has 0 fully saturated rings. The molecule has 0 unspecified atom stereocenters. The van der Waals surface area contributed by atoms with Crippen LogP contribution in [0.3, 0.4) is 0 Å². The molecule has 3 nitrogen and oxygen atoms in total. The fourth-order valence-corrected chi connectivity index (χ4v) is 1.66. The molecule has 0 aliphatic carbocycles. The number of nitrogens with zero attached hydrogens (tertiary/aromatic N) is 2. The SMILES string of the molecule is COc1cc(C)ccc1/N=C\c1ncccc1C. The molecule has 0 atom stereocenters. The summed E-state index contributed by atoms with van der Waals surface area (Å²) in [5.74, 6) is 0.778. The smallest absolute Gasteiger partial charge is 0.144 e. The normalized spacial score (nSPS) is 10.8. The van der Waals surface area contributed by atoms with E-state index in [1.807, 2.05) is 44.2 Å². The van der Waals surface area contributed by atoms with Gasteiger partial charge in [0.25, 0.3) is 0 Å². The van der Waals surface area contributed by atoms with Crippen molar-refractivity contribution in [2.24, 2.45) is 4.99 Å². The Morgan fingerprint density at radius 2 is 2.06 bits per heavy atom. The Hall–Kier alpha value is -2.16. The first kappa shape index (κ1) is 12.3. The van der Waals surface area contributed by atoms with E-state index in [9.17, 15) is 0 Å². The number of hydrogen-bond donors (Lipinski definition) is 0. The minimum absolute atomic E-state index is 0.778. The highest BCUT2D eigenvalue weighted by molar-refractivity contribution is 5.82. The van der Waals surface area contributed by atoms with Gasteiger partial charge in [0.1, 0.15) is 11.4 Å². The zero-order valence-corrected chi connectivity index (χ0v) is 10.8. The van der Waals surface area contributed by atoms with Gasteiger partial charge in [-0.05, 0) is 43.2 Å². The van der Waals surface area contributed by atoms with Crippen LogP contribution < -0.4 is 4.74 Å². The van der Waals surface area contributed by atoms with Gasteiger partial charge in [0.2, 0.25) is 0 Å². The summed E-state index contributed by atoms with van der Waals surface area (Å²) in [4.78, 5) is 8.71. The van der Waals surface area contributed by atoms with Crippen LogP contribution in [-0.4, -0.2) is 18.3 Å². The number of pyridine rings is 1. The van der Waals surface area contributed by atoms with Crippen LogP contribution in [0.1, 0.15) is 16.8 Å². The van der Waals surface area contributed by atoms with E-state index in [-0.39, 0.29) is 0 Å². The third-order valence-electron chi connectivity index (χ3n) is 2.71. The van der Waals surface area contributed by atoms with Crippen LogP contribution in [0.15, 0.2) is 41.5 Å². The maximum atomic E-state index is 5.31. The second-order valence-electron chi connectivity index (χ2n) is 4.14. The van der Waals surface area contributed by atoms with Crippen LogP contribution in [0.4, 0.5) is 5.69 Å². The molecule has 0 bridgehead atoms. The molecule has 2 rings (SSSR count). The van der Waals surface area contributed by atoms with Crippen LogP contribution >= 0.6 is 0 Å². The Morgan fingerprint density at radius 3 is 2.78 bits per heavy atom. The van der Waals surface area contributed by atoms with Crippen LogP contribution in [0.25, 0.3) is 0 Å². The van der Waals surface area contributed by atoms with Gasteiger partial charge in [0.15, 0.2) is 0 Å². The predicted molar refractivity (Wildman–Crippen MR) is 74.0 cm³/mol. The van der Waals surface area contributed by atoms with Gasteiger partial charge in [0, 0.05) is 6.20 Å². The number of benzene rings is 1. The van der Waals surface area contributed by atoms with Gasteiger partial charge in [-0.3, -0.25) is 9.98 Å². The molecular formula is C15H16N2O. The molecule has 0 saturated heterocycles. The number of aryl methyl sites for hydroxylation is 2. The molecule has 0 amide bonds. The summed E-state index contributed by atoms with van der Waals surface area (Å²) >= 11 is 0. The number of aromatic nitrogens is 1. The lowest BCUT2D eigenvalue weighted by Gasteiger charge is -2.05. The van der Waals surface area contributed by atoms with Gasteiger partial charge in [-0.2, -0.15) is 0 Å². The molecule has 1 heterocycles. The van der Waals surface area contributed by atoms with E-state index < -0.39 is 0 Å². The van der Waals surface area contributed by atoms with Crippen molar-refractivity contribution in [1.29, 1.82) is 0 Å². The van der Waals surface area contributed by atoms with Crippen molar-refractivity contribution in [3.05, 3.63) is 53.3 Å². The van der Waals surface area contributed by atoms with Gasteiger partial charge in [-0.15, -0.1) is 0 Å². The molecule has 0 saturated carbocycles. The second-order valence-corrected chi connectivity index (χ2v) is 4.14. The maximum Gasteiger partial charge on any atom is 0.144 e. The minimum Gasteiger partial charge on any atom is -0.494 e. The van der Waals surface area contributed by atoms with Gasteiger partial charge in [0.05, 0.1) is 19.0 Å². The van der Waals surface area contributed by atoms with Crippen molar-refractivity contribution in [3.8, 4) is 5.75 Å². The first-order chi connectivity index (χ1) is 8.70. The predicted octanol–water partition coefficient (Wildman–Crippen LogP) is 3.46. The largest absolute Gasteiger partial charge is 0.494 e. The average molecular weight is 240 g/mol. The molecular weight excluding hydrogens is 224 g/mol. The summed E-state index contributed by atoms with van der Waals surface area (Å²) in [5.41, 5.74) is 3.94. The topological polar surface area (TPSA) is 34.5 Å². The van der Waals surface area contributed by atoms with Crippen LogP contribution in [0, 0.1) is 13.8 Å². The van der Waals surface area contributed by atoms with Gasteiger partial charge >= 0.3 is 0 Å². The highest BCUT2D eigenvalue weighted by atomic mass is 16.5. The van der Waals surface area contributed by atoms with E-state index in [4.69, 9.17) is 4.74 Å². The zero-order valence-electron chi connectivity index (χ0n) is 10.8. The molecule has 1 aromatic heterocycles. The Morgan fingerprint density at radius 1 is 1.22 bits per heavy atom. The van der Waals surface area contributed by atoms with E-state index >= 15 is 0 Å². The standard InChI is InChI=1S/C15H16N2O/c1-11-6-7-13(15(9-11)18-3)17-10-14-12(2)5-4-8-16-14/h4-10H,1-3H3/b17-10-. The summed E-state index contributed by atoms with van der Waals surface area (Å²) in [6.07, 6.45) is 3.53. The monoisotopic (exact) mass is 240 g/mol. The third-order valence-corrected chi connectivity index (χ3v) is 2.71. The van der Waals surface area contributed by atoms with Crippen molar-refractivity contribution < 1.29 is 4.74 Å². The van der Waals surface area contributed by atoms with Gasteiger partial charge < -0.3 is 4.74 Å². The number of ether oxygens (including phenoxy) is 1. The van der Waals surface area contributed by atoms with Crippen molar-refractivity contribution in [2.45, 2.75) is 13.8 Å². The molecule has 92 valence electrons. The Bertz CT molecular complexity index is 576. The Labute approximate surface area is 107 Å². The third kappa shape index (κ3) is 2.74. The van der Waals surface area contributed by atoms with Crippen molar-refractivity contribution >= 4 is 11.9 Å². The summed E-state index contributed by atoms with van der Waals surface area (Å²) in [7, 11) is 1.65. The number of methoxy groups -OCH3 is 1. The Kier molecular flexibility index (Phi) is 3.72. The number of aliphatic imine (C=N–C) groups is 1. The van der Waals surface area contributed by atoms with Crippen LogP contribution in [-0.2, 0) is 0 Å². The number of hydrogen-bond acceptors (Lipinski definition) is 3. The fraction of sp³-hybridized carbons (Fsp3) is 0.200. The molecule has 0 radical (unpaired) electrons. The summed E-state index contributed by atoms with van der Waals surface area (Å²) in [5, 5.41) is 0. The van der Waals surface area contributed by atoms with Crippen molar-refractivity contribution in [1.82, 2.24) is 4.98 Å². The fourth-order valence-electron chi connectivity index (χ4n) is 1.66. The van der Waals surface area contributed by atoms with Crippen molar-refractivity contribution in [2.75, 3.05) is 7.11 Å². The quantitative estimate of drug-likeness (QED) is 0.770. The van der Waals surface area contributed by atoms with Gasteiger partial charge in [-0.25, -0.2) is 0 Å². The molecule has 0 aliphatic rings. The Balaban J connectivity index is 2.32. The lowest BCUT2D eigenvalue weighted by Crippen LogP contribution is -1.91. The first-order valence-corrected chi connectivity index (χ1v) is 5.81. The molecule has 18 heavy (non-hydrogen) atoms. The van der Waals surface area contributed by atoms with E-state index in [0.717, 1.165) is 28.3 Å². The van der Waals surface area contributed by atoms with E-state index in [0.29, 0.717) is 0 Å². The second kappa shape index (κ2) is 5.45. The number of rotatable bonds is 3. The summed E-state index contributed by atoms with van der Waals surface area (Å²) in [6, 6.07) is 9.86. The average Bonchev–Trinajstić information content (AvgIpc) is 2.39. The van der Waals surface area contributed by atoms with E-state index in [1.165, 1.54) is 0 Å². The molecule has 1 aromatic carbocycles. The first-order valence-electron chi connectivity index (χ1n) is 5.81. The molecule has 0 aliphatic heterocycles. The highest BCUT2D eigenvalue weighted by Gasteiger charge is 2.01. The summed E-state index contributed by atoms with van der Waals surface area (Å²) in [6.45, 7) is 4.04. The van der Waals surface area contributed by atoms with E-state index in [1.54, 1.807) is 19.5 Å². The van der Waals surface area contributed by atoms with Gasteiger partial charge in [-0.1, -0.05) is 12.1 Å². The molecule has 2 aromatic rings. The lowest BCUT2D eigenvalue weighted by atomic mass is 10.2. The molecule has 3 heteroatoms. The van der Waals surface area contributed by atoms with Crippen LogP contribution in [0.5, 0.6) is 5.75 Å². The summed E-state index contributed by atoms with van der Waals surface area (Å²) < 4.78 is 5.31. The lowest BCUT2D eigenvalue weighted by molar-refractivity contribution is 0.416. The van der Waals surface area contributed by atoms with Crippen molar-refractivity contribution in [3.63, 3.8) is 0 Å². The van der Waals surface area contributed by atoms with Crippen LogP contribution in [0.2, 0.25) is 0 Å². The molecule has 0 spiro atoms. The minimum atomic E-state index is 0.778. The maximum absolute atomic E-state index is 5.31. The van der Waals surface area contributed by atoms with E-state index in [2.05, 4.69) is 9.98 Å². The zero-order chi connectivity index (χ0) is 13.0. The highest BCUT2D eigenvalue weighted by Crippen LogP contribution is 2.27. The molecule has 0 N–H and O–H groups in total.